The highest BCUT2D eigenvalue weighted by molar-refractivity contribution is 8.00. The Kier molecular flexibility index (Phi) is 7.38. The zero-order chi connectivity index (χ0) is 21.9. The normalized spacial score (nSPS) is 13.4. The van der Waals surface area contributed by atoms with Crippen molar-refractivity contribution in [1.29, 1.82) is 0 Å². The maximum atomic E-state index is 12.9. The predicted octanol–water partition coefficient (Wildman–Crippen LogP) is 3.94. The highest BCUT2D eigenvalue weighted by Gasteiger charge is 2.31. The molecule has 1 aromatic carbocycles. The number of ether oxygens (including phenoxy) is 1. The third kappa shape index (κ3) is 5.32. The van der Waals surface area contributed by atoms with Gasteiger partial charge in [-0.3, -0.25) is 14.2 Å². The predicted molar refractivity (Wildman–Crippen MR) is 111 cm³/mol. The molecule has 0 fully saturated rings. The minimum absolute atomic E-state index is 0.00830. The van der Waals surface area contributed by atoms with E-state index in [0.29, 0.717) is 28.8 Å². The third-order valence-electron chi connectivity index (χ3n) is 4.17. The zero-order valence-corrected chi connectivity index (χ0v) is 18.1. The number of hydrogen-bond donors (Lipinski definition) is 1. The van der Waals surface area contributed by atoms with Gasteiger partial charge in [0.15, 0.2) is 5.16 Å². The Morgan fingerprint density at radius 3 is 2.90 bits per heavy atom. The van der Waals surface area contributed by atoms with Gasteiger partial charge in [0.1, 0.15) is 0 Å². The first-order valence-corrected chi connectivity index (χ1v) is 11.1. The SMILES string of the molecule is COCCn1c(SCC(=O)Nc2cc(C(F)(F)F)ccc2Cl)nc2c(c1=O)SCC2. The van der Waals surface area contributed by atoms with Crippen molar-refractivity contribution in [1.82, 2.24) is 9.55 Å². The minimum atomic E-state index is -4.55. The lowest BCUT2D eigenvalue weighted by Gasteiger charge is -2.14. The lowest BCUT2D eigenvalue weighted by molar-refractivity contribution is -0.137. The molecular weight excluding hydrogens is 463 g/mol. The van der Waals surface area contributed by atoms with Crippen LogP contribution in [0.2, 0.25) is 5.02 Å². The molecule has 12 heteroatoms. The Bertz CT molecular complexity index is 1010. The number of alkyl halides is 3. The molecule has 1 aromatic heterocycles. The summed E-state index contributed by atoms with van der Waals surface area (Å²) in [5.41, 5.74) is -0.529. The van der Waals surface area contributed by atoms with Gasteiger partial charge in [0.2, 0.25) is 5.91 Å². The number of nitrogens with zero attached hydrogens (tertiary/aromatic N) is 2. The van der Waals surface area contributed by atoms with Crippen LogP contribution >= 0.6 is 35.1 Å². The summed E-state index contributed by atoms with van der Waals surface area (Å²) >= 11 is 8.39. The first kappa shape index (κ1) is 23.0. The van der Waals surface area contributed by atoms with Crippen LogP contribution in [0.1, 0.15) is 11.3 Å². The van der Waals surface area contributed by atoms with Gasteiger partial charge in [-0.1, -0.05) is 23.4 Å². The number of rotatable bonds is 7. The molecule has 30 heavy (non-hydrogen) atoms. The van der Waals surface area contributed by atoms with E-state index < -0.39 is 17.6 Å². The monoisotopic (exact) mass is 479 g/mol. The number of aromatic nitrogens is 2. The van der Waals surface area contributed by atoms with Crippen LogP contribution in [0.25, 0.3) is 0 Å². The van der Waals surface area contributed by atoms with Gasteiger partial charge in [0.05, 0.1) is 45.8 Å². The third-order valence-corrected chi connectivity index (χ3v) is 6.58. The van der Waals surface area contributed by atoms with Gasteiger partial charge in [-0.25, -0.2) is 4.98 Å². The quantitative estimate of drug-likeness (QED) is 0.479. The number of nitrogens with one attached hydrogen (secondary N) is 1. The molecule has 2 heterocycles. The number of methoxy groups -OCH3 is 1. The molecule has 162 valence electrons. The summed E-state index contributed by atoms with van der Waals surface area (Å²) in [7, 11) is 1.51. The number of carbonyl (C=O) groups is 1. The maximum Gasteiger partial charge on any atom is 0.416 e. The van der Waals surface area contributed by atoms with Crippen molar-refractivity contribution < 1.29 is 22.7 Å². The molecular formula is C18H17ClF3N3O3S2. The first-order valence-electron chi connectivity index (χ1n) is 8.75. The summed E-state index contributed by atoms with van der Waals surface area (Å²) in [6, 6.07) is 2.70. The molecule has 0 saturated carbocycles. The second kappa shape index (κ2) is 9.63. The fourth-order valence-electron chi connectivity index (χ4n) is 2.73. The van der Waals surface area contributed by atoms with Crippen LogP contribution in [0.3, 0.4) is 0 Å². The highest BCUT2D eigenvalue weighted by atomic mass is 35.5. The summed E-state index contributed by atoms with van der Waals surface area (Å²) < 4.78 is 45.2. The summed E-state index contributed by atoms with van der Waals surface area (Å²) in [5, 5.41) is 2.74. The number of benzene rings is 1. The Balaban J connectivity index is 1.75. The molecule has 0 unspecified atom stereocenters. The zero-order valence-electron chi connectivity index (χ0n) is 15.7. The minimum Gasteiger partial charge on any atom is -0.383 e. The topological polar surface area (TPSA) is 73.2 Å². The average molecular weight is 480 g/mol. The van der Waals surface area contributed by atoms with E-state index in [1.54, 1.807) is 0 Å². The molecule has 1 N–H and O–H groups in total. The van der Waals surface area contributed by atoms with Crippen LogP contribution in [0.15, 0.2) is 33.0 Å². The smallest absolute Gasteiger partial charge is 0.383 e. The van der Waals surface area contributed by atoms with Gasteiger partial charge in [-0.15, -0.1) is 11.8 Å². The summed E-state index contributed by atoms with van der Waals surface area (Å²) in [5.74, 6) is 0.0474. The maximum absolute atomic E-state index is 12.9. The Labute approximate surface area is 183 Å². The van der Waals surface area contributed by atoms with Gasteiger partial charge in [0.25, 0.3) is 5.56 Å². The van der Waals surface area contributed by atoms with Gasteiger partial charge >= 0.3 is 6.18 Å². The van der Waals surface area contributed by atoms with E-state index in [-0.39, 0.29) is 28.6 Å². The van der Waals surface area contributed by atoms with Crippen molar-refractivity contribution in [2.75, 3.05) is 30.5 Å². The van der Waals surface area contributed by atoms with Crippen molar-refractivity contribution >= 4 is 46.7 Å². The van der Waals surface area contributed by atoms with Crippen LogP contribution in [-0.2, 0) is 28.7 Å². The van der Waals surface area contributed by atoms with Gasteiger partial charge < -0.3 is 10.1 Å². The molecule has 1 aliphatic rings. The molecule has 1 amide bonds. The van der Waals surface area contributed by atoms with E-state index >= 15 is 0 Å². The van der Waals surface area contributed by atoms with E-state index in [1.807, 2.05) is 0 Å². The molecule has 0 radical (unpaired) electrons. The van der Waals surface area contributed by atoms with Crippen molar-refractivity contribution in [3.8, 4) is 0 Å². The molecule has 6 nitrogen and oxygen atoms in total. The largest absolute Gasteiger partial charge is 0.416 e. The molecule has 3 rings (SSSR count). The lowest BCUT2D eigenvalue weighted by atomic mass is 10.2. The van der Waals surface area contributed by atoms with E-state index in [1.165, 1.54) is 23.4 Å². The molecule has 1 aliphatic heterocycles. The van der Waals surface area contributed by atoms with Crippen LogP contribution in [0.4, 0.5) is 18.9 Å². The fraction of sp³-hybridized carbons (Fsp3) is 0.389. The van der Waals surface area contributed by atoms with Crippen molar-refractivity contribution in [2.24, 2.45) is 0 Å². The van der Waals surface area contributed by atoms with E-state index in [0.717, 1.165) is 35.7 Å². The molecule has 0 aliphatic carbocycles. The van der Waals surface area contributed by atoms with Crippen LogP contribution in [0.5, 0.6) is 0 Å². The molecule has 0 bridgehead atoms. The van der Waals surface area contributed by atoms with E-state index in [9.17, 15) is 22.8 Å². The van der Waals surface area contributed by atoms with Gasteiger partial charge in [0, 0.05) is 19.3 Å². The first-order chi connectivity index (χ1) is 14.2. The molecule has 0 spiro atoms. The summed E-state index contributed by atoms with van der Waals surface area (Å²) in [6.45, 7) is 0.574. The Morgan fingerprint density at radius 1 is 1.43 bits per heavy atom. The number of hydrogen-bond acceptors (Lipinski definition) is 6. The number of thioether (sulfide) groups is 2. The number of halogens is 4. The number of amides is 1. The van der Waals surface area contributed by atoms with Gasteiger partial charge in [-0.05, 0) is 18.2 Å². The van der Waals surface area contributed by atoms with Crippen LogP contribution in [-0.4, -0.2) is 40.7 Å². The number of fused-ring (bicyclic) bond motifs is 1. The van der Waals surface area contributed by atoms with Crippen molar-refractivity contribution in [2.45, 2.75) is 29.2 Å². The molecule has 0 atom stereocenters. The second-order valence-electron chi connectivity index (χ2n) is 6.25. The van der Waals surface area contributed by atoms with E-state index in [4.69, 9.17) is 16.3 Å². The highest BCUT2D eigenvalue weighted by Crippen LogP contribution is 2.34. The van der Waals surface area contributed by atoms with E-state index in [2.05, 4.69) is 10.3 Å². The summed E-state index contributed by atoms with van der Waals surface area (Å²) in [4.78, 5) is 30.1. The van der Waals surface area contributed by atoms with Crippen molar-refractivity contribution in [3.05, 3.63) is 44.8 Å². The lowest BCUT2D eigenvalue weighted by Crippen LogP contribution is -2.27. The van der Waals surface area contributed by atoms with Crippen molar-refractivity contribution in [3.63, 3.8) is 0 Å². The number of carbonyl (C=O) groups excluding carboxylic acids is 1. The number of anilines is 1. The Morgan fingerprint density at radius 2 is 2.20 bits per heavy atom. The summed E-state index contributed by atoms with van der Waals surface area (Å²) in [6.07, 6.45) is -3.89. The molecule has 0 saturated heterocycles. The standard InChI is InChI=1S/C18H17ClF3N3O3S2/c1-28-6-5-25-16(27)15-12(4-7-29-15)24-17(25)30-9-14(26)23-13-8-10(18(20,21)22)2-3-11(13)19/h2-3,8H,4-7,9H2,1H3,(H,23,26). The molecule has 2 aromatic rings. The van der Waals surface area contributed by atoms with Crippen LogP contribution < -0.4 is 10.9 Å². The average Bonchev–Trinajstić information content (AvgIpc) is 3.15. The van der Waals surface area contributed by atoms with Gasteiger partial charge in [-0.2, -0.15) is 13.2 Å². The fourth-order valence-corrected chi connectivity index (χ4v) is 4.78. The number of aryl methyl sites for hydroxylation is 1. The second-order valence-corrected chi connectivity index (χ2v) is 8.70. The Hall–Kier alpha value is -1.69. The van der Waals surface area contributed by atoms with Crippen LogP contribution in [0, 0.1) is 0 Å².